The third kappa shape index (κ3) is 4.56. The molecule has 2 heterocycles. The maximum absolute atomic E-state index is 11.9. The van der Waals surface area contributed by atoms with E-state index in [9.17, 15) is 4.79 Å². The van der Waals surface area contributed by atoms with Crippen molar-refractivity contribution in [1.29, 1.82) is 0 Å². The lowest BCUT2D eigenvalue weighted by molar-refractivity contribution is -0.123. The Bertz CT molecular complexity index is 588. The van der Waals surface area contributed by atoms with Gasteiger partial charge in [0, 0.05) is 11.6 Å². The number of nitrogens with zero attached hydrogens (tertiary/aromatic N) is 2. The Morgan fingerprint density at radius 2 is 1.95 bits per heavy atom. The van der Waals surface area contributed by atoms with Crippen LogP contribution in [0.4, 0.5) is 11.5 Å². The van der Waals surface area contributed by atoms with Crippen molar-refractivity contribution in [3.8, 4) is 0 Å². The van der Waals surface area contributed by atoms with Crippen molar-refractivity contribution in [2.45, 2.75) is 27.3 Å². The number of carbonyl (C=O) groups excluding carboxylic acids is 1. The van der Waals surface area contributed by atoms with Crippen molar-refractivity contribution in [3.05, 3.63) is 48.4 Å². The molecule has 0 spiro atoms. The topological polar surface area (TPSA) is 66.9 Å². The Hall–Kier alpha value is -2.43. The Morgan fingerprint density at radius 3 is 2.52 bits per heavy atom. The highest BCUT2D eigenvalue weighted by molar-refractivity contribution is 5.94. The number of pyridine rings is 2. The lowest BCUT2D eigenvalue weighted by Gasteiger charge is -2.17. The summed E-state index contributed by atoms with van der Waals surface area (Å²) in [5, 5.41) is 6.03. The summed E-state index contributed by atoms with van der Waals surface area (Å²) in [4.78, 5) is 20.4. The van der Waals surface area contributed by atoms with Gasteiger partial charge in [-0.25, -0.2) is 4.98 Å². The summed E-state index contributed by atoms with van der Waals surface area (Å²) in [6.07, 6.45) is 3.40. The van der Waals surface area contributed by atoms with E-state index in [4.69, 9.17) is 0 Å². The lowest BCUT2D eigenvalue weighted by atomic mass is 9.96. The van der Waals surface area contributed by atoms with Crippen LogP contribution in [0, 0.1) is 5.41 Å². The second-order valence-electron chi connectivity index (χ2n) is 5.81. The number of hydrogen-bond acceptors (Lipinski definition) is 4. The van der Waals surface area contributed by atoms with Crippen molar-refractivity contribution < 1.29 is 4.79 Å². The normalized spacial score (nSPS) is 11.0. The van der Waals surface area contributed by atoms with Gasteiger partial charge in [0.15, 0.2) is 0 Å². The molecular formula is C16H20N4O. The van der Waals surface area contributed by atoms with Gasteiger partial charge < -0.3 is 10.6 Å². The molecule has 0 radical (unpaired) electrons. The summed E-state index contributed by atoms with van der Waals surface area (Å²) in [6.45, 7) is 6.23. The average molecular weight is 284 g/mol. The molecule has 0 saturated heterocycles. The number of anilines is 2. The molecule has 0 atom stereocenters. The van der Waals surface area contributed by atoms with Gasteiger partial charge in [0.25, 0.3) is 0 Å². The van der Waals surface area contributed by atoms with Crippen molar-refractivity contribution in [2.75, 3.05) is 10.6 Å². The van der Waals surface area contributed by atoms with Gasteiger partial charge in [-0.3, -0.25) is 9.78 Å². The molecule has 5 heteroatoms. The lowest BCUT2D eigenvalue weighted by Crippen LogP contribution is -2.27. The van der Waals surface area contributed by atoms with E-state index in [2.05, 4.69) is 20.6 Å². The van der Waals surface area contributed by atoms with Crippen LogP contribution in [-0.4, -0.2) is 15.9 Å². The van der Waals surface area contributed by atoms with Gasteiger partial charge >= 0.3 is 0 Å². The van der Waals surface area contributed by atoms with E-state index in [1.54, 1.807) is 12.4 Å². The van der Waals surface area contributed by atoms with Gasteiger partial charge in [-0.15, -0.1) is 0 Å². The van der Waals surface area contributed by atoms with Crippen LogP contribution in [0.25, 0.3) is 0 Å². The van der Waals surface area contributed by atoms with Crippen LogP contribution in [0.5, 0.6) is 0 Å². The standard InChI is InChI=1S/C16H20N4O/c1-16(2,3)15(21)20-13-7-8-14(19-11-13)18-10-12-6-4-5-9-17-12/h4-9,11H,10H2,1-3H3,(H,18,19)(H,20,21). The molecule has 110 valence electrons. The number of hydrogen-bond donors (Lipinski definition) is 2. The first-order chi connectivity index (χ1) is 9.95. The molecule has 1 amide bonds. The number of rotatable bonds is 4. The molecule has 0 aliphatic rings. The average Bonchev–Trinajstić information content (AvgIpc) is 2.46. The Kier molecular flexibility index (Phi) is 4.52. The van der Waals surface area contributed by atoms with E-state index in [-0.39, 0.29) is 5.91 Å². The minimum Gasteiger partial charge on any atom is -0.364 e. The van der Waals surface area contributed by atoms with E-state index in [1.807, 2.05) is 51.1 Å². The smallest absolute Gasteiger partial charge is 0.229 e. The summed E-state index contributed by atoms with van der Waals surface area (Å²) in [7, 11) is 0. The summed E-state index contributed by atoms with van der Waals surface area (Å²) in [5.74, 6) is 0.716. The summed E-state index contributed by atoms with van der Waals surface area (Å²) >= 11 is 0. The number of carbonyl (C=O) groups is 1. The predicted molar refractivity (Wildman–Crippen MR) is 83.9 cm³/mol. The minimum absolute atomic E-state index is 0.0292. The Labute approximate surface area is 124 Å². The zero-order valence-electron chi connectivity index (χ0n) is 12.6. The van der Waals surface area contributed by atoms with Crippen molar-refractivity contribution in [3.63, 3.8) is 0 Å². The summed E-state index contributed by atoms with van der Waals surface area (Å²) in [5.41, 5.74) is 1.22. The van der Waals surface area contributed by atoms with E-state index < -0.39 is 5.41 Å². The van der Waals surface area contributed by atoms with Crippen LogP contribution in [0.3, 0.4) is 0 Å². The van der Waals surface area contributed by atoms with Crippen LogP contribution < -0.4 is 10.6 Å². The summed E-state index contributed by atoms with van der Waals surface area (Å²) in [6, 6.07) is 9.44. The fraction of sp³-hybridized carbons (Fsp3) is 0.312. The molecule has 5 nitrogen and oxygen atoms in total. The van der Waals surface area contributed by atoms with Gasteiger partial charge in [0.1, 0.15) is 5.82 Å². The van der Waals surface area contributed by atoms with Crippen molar-refractivity contribution >= 4 is 17.4 Å². The zero-order chi connectivity index (χ0) is 15.3. The molecule has 0 fully saturated rings. The van der Waals surface area contributed by atoms with Crippen LogP contribution in [0.2, 0.25) is 0 Å². The SMILES string of the molecule is CC(C)(C)C(=O)Nc1ccc(NCc2ccccn2)nc1. The molecular weight excluding hydrogens is 264 g/mol. The van der Waals surface area contributed by atoms with Crippen LogP contribution in [0.1, 0.15) is 26.5 Å². The molecule has 0 unspecified atom stereocenters. The third-order valence-corrected chi connectivity index (χ3v) is 2.88. The molecule has 0 saturated carbocycles. The molecule has 2 aromatic rings. The van der Waals surface area contributed by atoms with E-state index >= 15 is 0 Å². The Morgan fingerprint density at radius 1 is 1.14 bits per heavy atom. The molecule has 21 heavy (non-hydrogen) atoms. The first kappa shape index (κ1) is 15.0. The molecule has 0 bridgehead atoms. The fourth-order valence-electron chi connectivity index (χ4n) is 1.57. The van der Waals surface area contributed by atoms with Crippen LogP contribution in [0.15, 0.2) is 42.7 Å². The second-order valence-corrected chi connectivity index (χ2v) is 5.81. The highest BCUT2D eigenvalue weighted by atomic mass is 16.2. The first-order valence-electron chi connectivity index (χ1n) is 6.86. The maximum atomic E-state index is 11.9. The van der Waals surface area contributed by atoms with Gasteiger partial charge in [-0.1, -0.05) is 26.8 Å². The zero-order valence-corrected chi connectivity index (χ0v) is 12.6. The van der Waals surface area contributed by atoms with Gasteiger partial charge in [0.2, 0.25) is 5.91 Å². The monoisotopic (exact) mass is 284 g/mol. The minimum atomic E-state index is -0.421. The molecule has 0 aliphatic heterocycles. The highest BCUT2D eigenvalue weighted by Gasteiger charge is 2.21. The quantitative estimate of drug-likeness (QED) is 0.905. The number of aromatic nitrogens is 2. The van der Waals surface area contributed by atoms with Gasteiger partial charge in [0.05, 0.1) is 24.1 Å². The second kappa shape index (κ2) is 6.35. The van der Waals surface area contributed by atoms with E-state index in [1.165, 1.54) is 0 Å². The molecule has 2 N–H and O–H groups in total. The van der Waals surface area contributed by atoms with Crippen LogP contribution >= 0.6 is 0 Å². The van der Waals surface area contributed by atoms with Gasteiger partial charge in [-0.2, -0.15) is 0 Å². The summed E-state index contributed by atoms with van der Waals surface area (Å²) < 4.78 is 0. The van der Waals surface area contributed by atoms with E-state index in [0.29, 0.717) is 12.2 Å². The van der Waals surface area contributed by atoms with Crippen molar-refractivity contribution in [1.82, 2.24) is 9.97 Å². The number of amides is 1. The van der Waals surface area contributed by atoms with Crippen LogP contribution in [-0.2, 0) is 11.3 Å². The third-order valence-electron chi connectivity index (χ3n) is 2.88. The number of nitrogens with one attached hydrogen (secondary N) is 2. The fourth-order valence-corrected chi connectivity index (χ4v) is 1.57. The molecule has 2 aromatic heterocycles. The first-order valence-corrected chi connectivity index (χ1v) is 6.86. The maximum Gasteiger partial charge on any atom is 0.229 e. The Balaban J connectivity index is 1.92. The van der Waals surface area contributed by atoms with E-state index in [0.717, 1.165) is 11.5 Å². The van der Waals surface area contributed by atoms with Gasteiger partial charge in [-0.05, 0) is 24.3 Å². The largest absolute Gasteiger partial charge is 0.364 e. The molecule has 0 aliphatic carbocycles. The highest BCUT2D eigenvalue weighted by Crippen LogP contribution is 2.17. The molecule has 0 aromatic carbocycles. The predicted octanol–water partition coefficient (Wildman–Crippen LogP) is 3.07. The molecule has 2 rings (SSSR count). The van der Waals surface area contributed by atoms with Crippen molar-refractivity contribution in [2.24, 2.45) is 5.41 Å².